The molecule has 1 aliphatic rings. The van der Waals surface area contributed by atoms with Crippen molar-refractivity contribution in [2.24, 2.45) is 0 Å². The fourth-order valence-corrected chi connectivity index (χ4v) is 6.14. The van der Waals surface area contributed by atoms with E-state index in [1.807, 2.05) is 0 Å². The molecule has 1 atom stereocenters. The number of piperidine rings is 1. The van der Waals surface area contributed by atoms with Gasteiger partial charge in [0.1, 0.15) is 5.69 Å². The Labute approximate surface area is 269 Å². The number of aromatic nitrogens is 2. The lowest BCUT2D eigenvalue weighted by atomic mass is 10.1. The number of carboxylic acids is 1. The van der Waals surface area contributed by atoms with Gasteiger partial charge < -0.3 is 21.1 Å². The lowest BCUT2D eigenvalue weighted by Crippen LogP contribution is -2.49. The fourth-order valence-electron chi connectivity index (χ4n) is 4.04. The highest BCUT2D eigenvalue weighted by Crippen LogP contribution is 2.26. The smallest absolute Gasteiger partial charge is 0.475 e. The number of halogens is 5. The number of hydrogen-bond acceptors (Lipinski definition) is 7. The first-order valence-electron chi connectivity index (χ1n) is 13.0. The Balaban J connectivity index is 0.000000738. The highest BCUT2D eigenvalue weighted by Gasteiger charge is 2.38. The Morgan fingerprint density at radius 3 is 2.22 bits per heavy atom. The second-order valence-corrected chi connectivity index (χ2v) is 12.2. The van der Waals surface area contributed by atoms with E-state index in [1.165, 1.54) is 46.9 Å². The number of alkyl halides is 3. The summed E-state index contributed by atoms with van der Waals surface area (Å²) in [7, 11) is -3.85. The number of hydrogen-bond donors (Lipinski definition) is 5. The minimum atomic E-state index is -5.08. The molecule has 13 nitrogen and oxygen atoms in total. The molecular weight excluding hydrogens is 680 g/mol. The fraction of sp³-hybridized carbons (Fsp3) is 0.222. The average molecular weight is 705 g/mol. The lowest BCUT2D eigenvalue weighted by Gasteiger charge is -2.32. The molecule has 0 saturated carbocycles. The van der Waals surface area contributed by atoms with Crippen molar-refractivity contribution < 1.29 is 45.9 Å². The Bertz CT molecular complexity index is 1710. The van der Waals surface area contributed by atoms with E-state index in [0.717, 1.165) is 6.08 Å². The molecule has 246 valence electrons. The molecule has 0 bridgehead atoms. The van der Waals surface area contributed by atoms with E-state index in [2.05, 4.69) is 32.7 Å². The zero-order valence-corrected chi connectivity index (χ0v) is 25.7. The number of rotatable bonds is 8. The highest BCUT2D eigenvalue weighted by molar-refractivity contribution is 7.89. The standard InChI is InChI=1S/C25H24Cl2N6O5S.C2HF3O2/c1-2-21(34)29-15-8-10-17(11-9-15)39(37,38)33-12-4-5-16(14-33)30-25(36)23-20(13-28-32-23)31-24(35)22-18(26)6-3-7-19(22)27;3-2(4,5)1(6)7/h2-3,6-11,13,16H,1,4-5,12,14H2,(H,28,32)(H,29,34)(H,30,36)(H,31,35);(H,6,7)/t16-;/m1./s1. The van der Waals surface area contributed by atoms with Crippen molar-refractivity contribution in [3.05, 3.63) is 82.6 Å². The van der Waals surface area contributed by atoms with E-state index in [4.69, 9.17) is 33.1 Å². The summed E-state index contributed by atoms with van der Waals surface area (Å²) < 4.78 is 59.5. The van der Waals surface area contributed by atoms with Crippen molar-refractivity contribution in [2.75, 3.05) is 23.7 Å². The third kappa shape index (κ3) is 9.29. The minimum absolute atomic E-state index is 0.0105. The van der Waals surface area contributed by atoms with Gasteiger partial charge in [0, 0.05) is 24.8 Å². The van der Waals surface area contributed by atoms with Crippen LogP contribution < -0.4 is 16.0 Å². The maximum Gasteiger partial charge on any atom is 0.490 e. The van der Waals surface area contributed by atoms with Crippen LogP contribution in [-0.2, 0) is 19.6 Å². The summed E-state index contributed by atoms with van der Waals surface area (Å²) >= 11 is 12.2. The molecule has 1 aliphatic heterocycles. The summed E-state index contributed by atoms with van der Waals surface area (Å²) in [6, 6.07) is 9.93. The number of nitrogens with zero attached hydrogens (tertiary/aromatic N) is 2. The van der Waals surface area contributed by atoms with Crippen LogP contribution in [0.25, 0.3) is 0 Å². The number of aromatic amines is 1. The first-order valence-corrected chi connectivity index (χ1v) is 15.2. The number of carbonyl (C=O) groups excluding carboxylic acids is 3. The second-order valence-electron chi connectivity index (χ2n) is 9.41. The van der Waals surface area contributed by atoms with Gasteiger partial charge in [0.05, 0.1) is 32.4 Å². The number of amides is 3. The van der Waals surface area contributed by atoms with E-state index in [0.29, 0.717) is 18.5 Å². The normalized spacial score (nSPS) is 15.1. The first kappa shape index (κ1) is 36.0. The van der Waals surface area contributed by atoms with E-state index >= 15 is 0 Å². The third-order valence-corrected chi connectivity index (χ3v) is 8.72. The van der Waals surface area contributed by atoms with Crippen LogP contribution in [0, 0.1) is 0 Å². The van der Waals surface area contributed by atoms with Gasteiger partial charge in [-0.2, -0.15) is 22.6 Å². The van der Waals surface area contributed by atoms with Crippen LogP contribution in [0.3, 0.4) is 0 Å². The number of anilines is 2. The number of aliphatic carboxylic acids is 1. The molecule has 4 rings (SSSR count). The SMILES string of the molecule is C=CC(=O)Nc1ccc(S(=O)(=O)N2CCC[C@@H](NC(=O)c3[nH]ncc3NC(=O)c3c(Cl)cccc3Cl)C2)cc1.O=C(O)C(F)(F)F. The topological polar surface area (TPSA) is 191 Å². The molecule has 0 aliphatic carbocycles. The molecule has 1 aromatic heterocycles. The maximum absolute atomic E-state index is 13.2. The van der Waals surface area contributed by atoms with Gasteiger partial charge in [0.15, 0.2) is 0 Å². The van der Waals surface area contributed by atoms with Gasteiger partial charge in [-0.05, 0) is 55.3 Å². The van der Waals surface area contributed by atoms with Crippen molar-refractivity contribution in [3.8, 4) is 0 Å². The lowest BCUT2D eigenvalue weighted by molar-refractivity contribution is -0.192. The second kappa shape index (κ2) is 15.2. The Morgan fingerprint density at radius 1 is 1.04 bits per heavy atom. The average Bonchev–Trinajstić information content (AvgIpc) is 3.45. The predicted octanol–water partition coefficient (Wildman–Crippen LogP) is 4.31. The number of carboxylic acid groups (broad SMARTS) is 1. The first-order chi connectivity index (χ1) is 21.5. The van der Waals surface area contributed by atoms with Crippen LogP contribution in [-0.4, -0.2) is 77.0 Å². The Hall–Kier alpha value is -4.45. The molecule has 3 aromatic rings. The van der Waals surface area contributed by atoms with Gasteiger partial charge in [-0.15, -0.1) is 0 Å². The van der Waals surface area contributed by atoms with E-state index in [-0.39, 0.29) is 45.0 Å². The third-order valence-electron chi connectivity index (χ3n) is 6.21. The molecule has 46 heavy (non-hydrogen) atoms. The zero-order valence-electron chi connectivity index (χ0n) is 23.4. The maximum atomic E-state index is 13.2. The monoisotopic (exact) mass is 704 g/mol. The summed E-state index contributed by atoms with van der Waals surface area (Å²) in [4.78, 5) is 46.2. The summed E-state index contributed by atoms with van der Waals surface area (Å²) in [5, 5.41) is 21.8. The highest BCUT2D eigenvalue weighted by atomic mass is 35.5. The quantitative estimate of drug-likeness (QED) is 0.214. The molecule has 0 radical (unpaired) electrons. The van der Waals surface area contributed by atoms with Crippen molar-refractivity contribution in [1.29, 1.82) is 0 Å². The van der Waals surface area contributed by atoms with Crippen LogP contribution in [0.1, 0.15) is 33.7 Å². The molecule has 2 aromatic carbocycles. The van der Waals surface area contributed by atoms with Gasteiger partial charge >= 0.3 is 12.1 Å². The van der Waals surface area contributed by atoms with Crippen molar-refractivity contribution in [2.45, 2.75) is 30.0 Å². The molecule has 3 amide bonds. The van der Waals surface area contributed by atoms with Crippen molar-refractivity contribution in [3.63, 3.8) is 0 Å². The molecule has 0 spiro atoms. The number of carbonyl (C=O) groups is 4. The summed E-state index contributed by atoms with van der Waals surface area (Å²) in [6.45, 7) is 3.71. The van der Waals surface area contributed by atoms with E-state index in [1.54, 1.807) is 6.07 Å². The number of benzene rings is 2. The van der Waals surface area contributed by atoms with Crippen LogP contribution in [0.5, 0.6) is 0 Å². The number of H-pyrrole nitrogens is 1. The summed E-state index contributed by atoms with van der Waals surface area (Å²) in [6.07, 6.45) is -1.62. The zero-order chi connectivity index (χ0) is 34.2. The van der Waals surface area contributed by atoms with Crippen LogP contribution in [0.4, 0.5) is 24.5 Å². The van der Waals surface area contributed by atoms with Gasteiger partial charge in [-0.25, -0.2) is 13.2 Å². The molecule has 5 N–H and O–H groups in total. The Morgan fingerprint density at radius 2 is 1.65 bits per heavy atom. The molecule has 2 heterocycles. The molecule has 19 heteroatoms. The van der Waals surface area contributed by atoms with Crippen LogP contribution >= 0.6 is 23.2 Å². The van der Waals surface area contributed by atoms with Crippen molar-refractivity contribution >= 4 is 68.3 Å². The van der Waals surface area contributed by atoms with Gasteiger partial charge in [-0.1, -0.05) is 35.8 Å². The molecule has 1 saturated heterocycles. The Kier molecular flexibility index (Phi) is 11.9. The summed E-state index contributed by atoms with van der Waals surface area (Å²) in [5.41, 5.74) is 0.584. The van der Waals surface area contributed by atoms with Crippen molar-refractivity contribution in [1.82, 2.24) is 19.8 Å². The predicted molar refractivity (Wildman–Crippen MR) is 161 cm³/mol. The van der Waals surface area contributed by atoms with Gasteiger partial charge in [-0.3, -0.25) is 19.5 Å². The minimum Gasteiger partial charge on any atom is -0.475 e. The van der Waals surface area contributed by atoms with Gasteiger partial charge in [0.25, 0.3) is 11.8 Å². The number of sulfonamides is 1. The largest absolute Gasteiger partial charge is 0.490 e. The van der Waals surface area contributed by atoms with Gasteiger partial charge in [0.2, 0.25) is 15.9 Å². The van der Waals surface area contributed by atoms with E-state index in [9.17, 15) is 36.0 Å². The number of nitrogens with one attached hydrogen (secondary N) is 4. The summed E-state index contributed by atoms with van der Waals surface area (Å²) in [5.74, 6) is -4.36. The van der Waals surface area contributed by atoms with Crippen LogP contribution in [0.2, 0.25) is 10.0 Å². The molecule has 1 fully saturated rings. The van der Waals surface area contributed by atoms with Crippen LogP contribution in [0.15, 0.2) is 66.2 Å². The van der Waals surface area contributed by atoms with E-state index < -0.39 is 45.9 Å². The molecule has 0 unspecified atom stereocenters. The molecular formula is C27H25Cl2F3N6O7S.